The lowest BCUT2D eigenvalue weighted by Gasteiger charge is -2.18. The number of aromatic nitrogens is 3. The van der Waals surface area contributed by atoms with Crippen molar-refractivity contribution in [2.24, 2.45) is 13.0 Å². The van der Waals surface area contributed by atoms with Gasteiger partial charge in [-0.2, -0.15) is 5.10 Å². The zero-order valence-electron chi connectivity index (χ0n) is 14.2. The maximum atomic E-state index is 12.8. The van der Waals surface area contributed by atoms with Gasteiger partial charge in [0.15, 0.2) is 5.65 Å². The molecule has 7 nitrogen and oxygen atoms in total. The summed E-state index contributed by atoms with van der Waals surface area (Å²) >= 11 is 0. The van der Waals surface area contributed by atoms with Crippen molar-refractivity contribution >= 4 is 22.6 Å². The molecule has 1 fully saturated rings. The zero-order valence-corrected chi connectivity index (χ0v) is 14.2. The molecule has 7 heteroatoms. The first-order valence-electron chi connectivity index (χ1n) is 8.27. The summed E-state index contributed by atoms with van der Waals surface area (Å²) in [6.45, 7) is 2.51. The Hall–Kier alpha value is -2.77. The smallest absolute Gasteiger partial charge is 0.230 e. The van der Waals surface area contributed by atoms with Crippen LogP contribution in [0.5, 0.6) is 0 Å². The van der Waals surface area contributed by atoms with Crippen LogP contribution in [-0.4, -0.2) is 27.2 Å². The lowest BCUT2D eigenvalue weighted by molar-refractivity contribution is -0.119. The number of benzene rings is 1. The Labute approximate surface area is 145 Å². The summed E-state index contributed by atoms with van der Waals surface area (Å²) in [6, 6.07) is 11.8. The minimum atomic E-state index is -0.201. The third-order valence-electron chi connectivity index (χ3n) is 4.61. The van der Waals surface area contributed by atoms with E-state index in [1.54, 1.807) is 10.9 Å². The molecule has 25 heavy (non-hydrogen) atoms. The Balaban J connectivity index is 1.56. The highest BCUT2D eigenvalue weighted by molar-refractivity contribution is 5.95. The molecule has 2 unspecified atom stereocenters. The number of hydrazine groups is 1. The van der Waals surface area contributed by atoms with Crippen LogP contribution in [-0.2, 0) is 11.8 Å². The monoisotopic (exact) mass is 336 g/mol. The Morgan fingerprint density at radius 1 is 1.32 bits per heavy atom. The van der Waals surface area contributed by atoms with Crippen molar-refractivity contribution < 1.29 is 4.79 Å². The lowest BCUT2D eigenvalue weighted by Crippen LogP contribution is -2.29. The topological polar surface area (TPSA) is 83.9 Å². The van der Waals surface area contributed by atoms with Crippen LogP contribution in [0.1, 0.15) is 17.3 Å². The summed E-state index contributed by atoms with van der Waals surface area (Å²) in [6.07, 6.45) is 1.68. The van der Waals surface area contributed by atoms with Crippen LogP contribution in [0.15, 0.2) is 42.6 Å². The highest BCUT2D eigenvalue weighted by Crippen LogP contribution is 2.26. The third-order valence-corrected chi connectivity index (χ3v) is 4.61. The first kappa shape index (κ1) is 15.7. The molecule has 1 saturated heterocycles. The van der Waals surface area contributed by atoms with Gasteiger partial charge in [-0.3, -0.25) is 14.9 Å². The number of carbonyl (C=O) groups excluding carboxylic acids is 1. The number of nitrogens with one attached hydrogen (secondary N) is 3. The molecule has 1 aliphatic heterocycles. The molecule has 1 aromatic carbocycles. The maximum absolute atomic E-state index is 12.8. The van der Waals surface area contributed by atoms with Crippen LogP contribution in [0.2, 0.25) is 0 Å². The van der Waals surface area contributed by atoms with E-state index < -0.39 is 0 Å². The Morgan fingerprint density at radius 2 is 2.12 bits per heavy atom. The van der Waals surface area contributed by atoms with Crippen molar-refractivity contribution in [1.29, 1.82) is 0 Å². The number of carbonyl (C=O) groups is 1. The van der Waals surface area contributed by atoms with Gasteiger partial charge in [0.2, 0.25) is 5.91 Å². The molecule has 2 atom stereocenters. The number of hydrogen-bond acceptors (Lipinski definition) is 5. The van der Waals surface area contributed by atoms with E-state index in [4.69, 9.17) is 0 Å². The molecule has 3 N–H and O–H groups in total. The van der Waals surface area contributed by atoms with Crippen LogP contribution < -0.4 is 16.2 Å². The number of aryl methyl sites for hydroxylation is 2. The van der Waals surface area contributed by atoms with Crippen LogP contribution in [0.25, 0.3) is 11.0 Å². The molecular weight excluding hydrogens is 316 g/mol. The van der Waals surface area contributed by atoms with E-state index in [-0.39, 0.29) is 17.9 Å². The molecule has 1 amide bonds. The van der Waals surface area contributed by atoms with Crippen LogP contribution in [0.3, 0.4) is 0 Å². The summed E-state index contributed by atoms with van der Waals surface area (Å²) in [5, 5.41) is 8.30. The molecule has 0 spiro atoms. The maximum Gasteiger partial charge on any atom is 0.230 e. The molecule has 128 valence electrons. The van der Waals surface area contributed by atoms with Crippen LogP contribution >= 0.6 is 0 Å². The Kier molecular flexibility index (Phi) is 3.95. The van der Waals surface area contributed by atoms with Gasteiger partial charge in [0.05, 0.1) is 29.5 Å². The van der Waals surface area contributed by atoms with Gasteiger partial charge >= 0.3 is 0 Å². The van der Waals surface area contributed by atoms with Crippen molar-refractivity contribution in [3.63, 3.8) is 0 Å². The van der Waals surface area contributed by atoms with Crippen molar-refractivity contribution in [3.8, 4) is 0 Å². The highest BCUT2D eigenvalue weighted by atomic mass is 16.2. The fraction of sp³-hybridized carbons (Fsp3) is 0.278. The first-order valence-corrected chi connectivity index (χ1v) is 8.27. The highest BCUT2D eigenvalue weighted by Gasteiger charge is 2.33. The van der Waals surface area contributed by atoms with Crippen molar-refractivity contribution in [2.45, 2.75) is 13.0 Å². The summed E-state index contributed by atoms with van der Waals surface area (Å²) < 4.78 is 1.74. The third kappa shape index (κ3) is 2.88. The Bertz CT molecular complexity index is 920. The van der Waals surface area contributed by atoms with Crippen LogP contribution in [0.4, 0.5) is 5.69 Å². The van der Waals surface area contributed by atoms with Gasteiger partial charge in [0.1, 0.15) is 0 Å². The average molecular weight is 336 g/mol. The second kappa shape index (κ2) is 6.27. The van der Waals surface area contributed by atoms with Gasteiger partial charge in [-0.15, -0.1) is 0 Å². The largest absolute Gasteiger partial charge is 0.324 e. The molecule has 3 aromatic rings. The van der Waals surface area contributed by atoms with E-state index in [0.29, 0.717) is 12.2 Å². The van der Waals surface area contributed by atoms with Gasteiger partial charge in [0, 0.05) is 19.0 Å². The molecule has 1 aliphatic rings. The number of nitrogens with zero attached hydrogens (tertiary/aromatic N) is 3. The molecule has 0 bridgehead atoms. The van der Waals surface area contributed by atoms with E-state index in [9.17, 15) is 4.79 Å². The zero-order chi connectivity index (χ0) is 17.4. The van der Waals surface area contributed by atoms with E-state index in [1.165, 1.54) is 0 Å². The molecule has 0 aliphatic carbocycles. The van der Waals surface area contributed by atoms with E-state index in [1.807, 2.05) is 50.4 Å². The predicted octanol–water partition coefficient (Wildman–Crippen LogP) is 1.68. The number of pyridine rings is 1. The average Bonchev–Trinajstić information content (AvgIpc) is 3.21. The van der Waals surface area contributed by atoms with Gasteiger partial charge in [-0.25, -0.2) is 10.4 Å². The fourth-order valence-corrected chi connectivity index (χ4v) is 3.33. The standard InChI is InChI=1S/C18H20N6O/c1-11-14-8-13(9-19-17(14)24(2)23-11)21-18(25)15-10-20-22-16(15)12-6-4-3-5-7-12/h3-9,15-16,20,22H,10H2,1-2H3,(H,21,25). The number of amides is 1. The van der Waals surface area contributed by atoms with Gasteiger partial charge < -0.3 is 5.32 Å². The van der Waals surface area contributed by atoms with Crippen molar-refractivity contribution in [2.75, 3.05) is 11.9 Å². The second-order valence-corrected chi connectivity index (χ2v) is 6.31. The fourth-order valence-electron chi connectivity index (χ4n) is 3.33. The van der Waals surface area contributed by atoms with Crippen molar-refractivity contribution in [3.05, 3.63) is 53.9 Å². The molecule has 2 aromatic heterocycles. The quantitative estimate of drug-likeness (QED) is 0.678. The summed E-state index contributed by atoms with van der Waals surface area (Å²) in [7, 11) is 1.86. The normalized spacial score (nSPS) is 20.1. The second-order valence-electron chi connectivity index (χ2n) is 6.31. The minimum absolute atomic E-state index is 0.0333. The summed E-state index contributed by atoms with van der Waals surface area (Å²) in [5.41, 5.74) is 9.76. The molecular formula is C18H20N6O. The number of rotatable bonds is 3. The summed E-state index contributed by atoms with van der Waals surface area (Å²) in [4.78, 5) is 17.2. The number of hydrogen-bond donors (Lipinski definition) is 3. The van der Waals surface area contributed by atoms with Gasteiger partial charge in [-0.1, -0.05) is 30.3 Å². The van der Waals surface area contributed by atoms with Gasteiger partial charge in [0.25, 0.3) is 0 Å². The van der Waals surface area contributed by atoms with Crippen molar-refractivity contribution in [1.82, 2.24) is 25.6 Å². The molecule has 4 rings (SSSR count). The molecule has 3 heterocycles. The van der Waals surface area contributed by atoms with E-state index in [2.05, 4.69) is 26.3 Å². The SMILES string of the molecule is Cc1nn(C)c2ncc(NC(=O)C3CNNC3c3ccccc3)cc12. The number of fused-ring (bicyclic) bond motifs is 1. The van der Waals surface area contributed by atoms with E-state index >= 15 is 0 Å². The molecule has 0 saturated carbocycles. The lowest BCUT2D eigenvalue weighted by atomic mass is 9.94. The molecule has 0 radical (unpaired) electrons. The first-order chi connectivity index (χ1) is 12.1. The van der Waals surface area contributed by atoms with Crippen LogP contribution in [0, 0.1) is 12.8 Å². The summed E-state index contributed by atoms with van der Waals surface area (Å²) in [5.74, 6) is -0.234. The number of anilines is 1. The minimum Gasteiger partial charge on any atom is -0.324 e. The van der Waals surface area contributed by atoms with Gasteiger partial charge in [-0.05, 0) is 18.6 Å². The van der Waals surface area contributed by atoms with E-state index in [0.717, 1.165) is 22.3 Å². The predicted molar refractivity (Wildman–Crippen MR) is 95.7 cm³/mol. The Morgan fingerprint density at radius 3 is 2.92 bits per heavy atom.